The van der Waals surface area contributed by atoms with Gasteiger partial charge in [-0.1, -0.05) is 24.3 Å². The highest BCUT2D eigenvalue weighted by molar-refractivity contribution is 6.08. The van der Waals surface area contributed by atoms with Crippen LogP contribution in [0.5, 0.6) is 0 Å². The molecule has 2 aromatic heterocycles. The van der Waals surface area contributed by atoms with Crippen molar-refractivity contribution < 1.29 is 9.90 Å². The molecular formula is C26H28N6O2. The number of benzene rings is 2. The fourth-order valence-electron chi connectivity index (χ4n) is 4.62. The van der Waals surface area contributed by atoms with Gasteiger partial charge in [0, 0.05) is 44.0 Å². The zero-order valence-corrected chi connectivity index (χ0v) is 19.5. The molecule has 34 heavy (non-hydrogen) atoms. The molecule has 0 aliphatic heterocycles. The van der Waals surface area contributed by atoms with E-state index in [1.807, 2.05) is 57.5 Å². The molecule has 174 valence electrons. The highest BCUT2D eigenvalue weighted by Gasteiger charge is 2.29. The van der Waals surface area contributed by atoms with E-state index < -0.39 is 0 Å². The minimum Gasteiger partial charge on any atom is -0.393 e. The van der Waals surface area contributed by atoms with E-state index in [-0.39, 0.29) is 18.1 Å². The van der Waals surface area contributed by atoms with E-state index in [0.717, 1.165) is 44.9 Å². The molecule has 0 saturated heterocycles. The standard InChI is InChI=1S/C26H28N6O2/c1-27-18-10-8-16(9-11-18)23-21(22-24(28-2)29-14-30-25(22)32(23)3)15-4-6-17(7-5-15)26(34)31-19-12-20(33)13-19/h4-11,14,19-20,27,33H,12-13H2,1-3H3,(H,31,34)(H,28,29,30). The van der Waals surface area contributed by atoms with Crippen LogP contribution < -0.4 is 16.0 Å². The molecule has 0 spiro atoms. The van der Waals surface area contributed by atoms with Crippen LogP contribution in [0, 0.1) is 0 Å². The third-order valence-electron chi connectivity index (χ3n) is 6.54. The first kappa shape index (κ1) is 21.9. The summed E-state index contributed by atoms with van der Waals surface area (Å²) >= 11 is 0. The summed E-state index contributed by atoms with van der Waals surface area (Å²) in [5.41, 5.74) is 6.52. The minimum atomic E-state index is -0.303. The van der Waals surface area contributed by atoms with Gasteiger partial charge in [-0.05, 0) is 48.2 Å². The maximum absolute atomic E-state index is 12.6. The Hall–Kier alpha value is -3.91. The van der Waals surface area contributed by atoms with Crippen molar-refractivity contribution in [1.29, 1.82) is 0 Å². The molecular weight excluding hydrogens is 428 g/mol. The van der Waals surface area contributed by atoms with Crippen molar-refractivity contribution in [2.24, 2.45) is 7.05 Å². The van der Waals surface area contributed by atoms with Crippen LogP contribution in [-0.2, 0) is 7.05 Å². The van der Waals surface area contributed by atoms with Gasteiger partial charge in [-0.25, -0.2) is 9.97 Å². The molecule has 5 rings (SSSR count). The summed E-state index contributed by atoms with van der Waals surface area (Å²) < 4.78 is 2.09. The number of carbonyl (C=O) groups is 1. The Morgan fingerprint density at radius 2 is 1.65 bits per heavy atom. The molecule has 4 aromatic rings. The normalized spacial score (nSPS) is 17.3. The first-order valence-corrected chi connectivity index (χ1v) is 11.4. The molecule has 1 saturated carbocycles. The van der Waals surface area contributed by atoms with Crippen molar-refractivity contribution in [3.63, 3.8) is 0 Å². The Morgan fingerprint density at radius 3 is 2.26 bits per heavy atom. The number of amides is 1. The number of carbonyl (C=O) groups excluding carboxylic acids is 1. The molecule has 1 fully saturated rings. The molecule has 2 aromatic carbocycles. The Morgan fingerprint density at radius 1 is 0.971 bits per heavy atom. The van der Waals surface area contributed by atoms with Crippen molar-refractivity contribution in [3.05, 3.63) is 60.4 Å². The Balaban J connectivity index is 1.61. The molecule has 1 aliphatic carbocycles. The van der Waals surface area contributed by atoms with E-state index in [9.17, 15) is 9.90 Å². The first-order chi connectivity index (χ1) is 16.5. The van der Waals surface area contributed by atoms with Gasteiger partial charge < -0.3 is 25.6 Å². The number of fused-ring (bicyclic) bond motifs is 1. The van der Waals surface area contributed by atoms with Gasteiger partial charge in [0.1, 0.15) is 17.8 Å². The average molecular weight is 457 g/mol. The van der Waals surface area contributed by atoms with Gasteiger partial charge in [-0.15, -0.1) is 0 Å². The maximum atomic E-state index is 12.6. The van der Waals surface area contributed by atoms with Gasteiger partial charge in [-0.3, -0.25) is 4.79 Å². The summed E-state index contributed by atoms with van der Waals surface area (Å²) in [5.74, 6) is 0.627. The number of rotatable bonds is 6. The number of hydrogen-bond donors (Lipinski definition) is 4. The SMILES string of the molecule is CNc1ccc(-c2c(-c3ccc(C(=O)NC4CC(O)C4)cc3)c3c(NC)ncnc3n2C)cc1. The zero-order chi connectivity index (χ0) is 23.8. The van der Waals surface area contributed by atoms with Crippen molar-refractivity contribution in [2.75, 3.05) is 24.7 Å². The minimum absolute atomic E-state index is 0.0442. The molecule has 8 nitrogen and oxygen atoms in total. The summed E-state index contributed by atoms with van der Waals surface area (Å²) in [7, 11) is 5.76. The van der Waals surface area contributed by atoms with Crippen LogP contribution >= 0.6 is 0 Å². The number of aliphatic hydroxyl groups is 1. The monoisotopic (exact) mass is 456 g/mol. The predicted molar refractivity (Wildman–Crippen MR) is 135 cm³/mol. The van der Waals surface area contributed by atoms with Crippen LogP contribution in [0.4, 0.5) is 11.5 Å². The molecule has 2 heterocycles. The van der Waals surface area contributed by atoms with Crippen molar-refractivity contribution in [2.45, 2.75) is 25.0 Å². The fourth-order valence-corrected chi connectivity index (χ4v) is 4.62. The molecule has 1 amide bonds. The molecule has 0 bridgehead atoms. The fraction of sp³-hybridized carbons (Fsp3) is 0.269. The number of aromatic nitrogens is 3. The molecule has 4 N–H and O–H groups in total. The first-order valence-electron chi connectivity index (χ1n) is 11.4. The van der Waals surface area contributed by atoms with Crippen LogP contribution in [0.3, 0.4) is 0 Å². The van der Waals surface area contributed by atoms with Gasteiger partial charge in [-0.2, -0.15) is 0 Å². The molecule has 0 atom stereocenters. The second-order valence-electron chi connectivity index (χ2n) is 8.65. The highest BCUT2D eigenvalue weighted by Crippen LogP contribution is 2.42. The number of aryl methyl sites for hydroxylation is 1. The van der Waals surface area contributed by atoms with Gasteiger partial charge in [0.15, 0.2) is 0 Å². The van der Waals surface area contributed by atoms with Gasteiger partial charge >= 0.3 is 0 Å². The van der Waals surface area contributed by atoms with E-state index in [0.29, 0.717) is 18.4 Å². The number of hydrogen-bond acceptors (Lipinski definition) is 6. The summed E-state index contributed by atoms with van der Waals surface area (Å²) in [6.07, 6.45) is 2.49. The van der Waals surface area contributed by atoms with Crippen LogP contribution in [0.1, 0.15) is 23.2 Å². The lowest BCUT2D eigenvalue weighted by Gasteiger charge is -2.31. The van der Waals surface area contributed by atoms with Crippen LogP contribution in [0.25, 0.3) is 33.4 Å². The predicted octanol–water partition coefficient (Wildman–Crippen LogP) is 3.64. The van der Waals surface area contributed by atoms with Crippen molar-refractivity contribution in [3.8, 4) is 22.4 Å². The Labute approximate surface area is 198 Å². The molecule has 8 heteroatoms. The van der Waals surface area contributed by atoms with Gasteiger partial charge in [0.25, 0.3) is 5.91 Å². The van der Waals surface area contributed by atoms with E-state index in [4.69, 9.17) is 0 Å². The largest absolute Gasteiger partial charge is 0.393 e. The van der Waals surface area contributed by atoms with E-state index in [1.54, 1.807) is 6.33 Å². The second kappa shape index (κ2) is 8.79. The zero-order valence-electron chi connectivity index (χ0n) is 19.5. The highest BCUT2D eigenvalue weighted by atomic mass is 16.3. The Bertz CT molecular complexity index is 1340. The summed E-state index contributed by atoms with van der Waals surface area (Å²) in [6, 6.07) is 15.9. The van der Waals surface area contributed by atoms with E-state index in [1.165, 1.54) is 0 Å². The summed E-state index contributed by atoms with van der Waals surface area (Å²) in [5, 5.41) is 19.7. The van der Waals surface area contributed by atoms with Crippen LogP contribution in [0.2, 0.25) is 0 Å². The quantitative estimate of drug-likeness (QED) is 0.353. The summed E-state index contributed by atoms with van der Waals surface area (Å²) in [4.78, 5) is 21.7. The number of nitrogens with zero attached hydrogens (tertiary/aromatic N) is 3. The van der Waals surface area contributed by atoms with Crippen molar-refractivity contribution in [1.82, 2.24) is 19.9 Å². The van der Waals surface area contributed by atoms with Crippen LogP contribution in [-0.4, -0.2) is 51.8 Å². The maximum Gasteiger partial charge on any atom is 0.251 e. The third-order valence-corrected chi connectivity index (χ3v) is 6.54. The average Bonchev–Trinajstić information content (AvgIpc) is 3.15. The lowest BCUT2D eigenvalue weighted by atomic mass is 9.89. The Kier molecular flexibility index (Phi) is 5.67. The number of anilines is 2. The molecule has 1 aliphatic rings. The van der Waals surface area contributed by atoms with Crippen molar-refractivity contribution >= 4 is 28.4 Å². The smallest absolute Gasteiger partial charge is 0.251 e. The topological polar surface area (TPSA) is 104 Å². The van der Waals surface area contributed by atoms with Gasteiger partial charge in [0.2, 0.25) is 0 Å². The molecule has 0 radical (unpaired) electrons. The third kappa shape index (κ3) is 3.76. The molecule has 0 unspecified atom stereocenters. The van der Waals surface area contributed by atoms with Gasteiger partial charge in [0.05, 0.1) is 17.2 Å². The summed E-state index contributed by atoms with van der Waals surface area (Å²) in [6.45, 7) is 0. The number of nitrogens with one attached hydrogen (secondary N) is 3. The number of aliphatic hydroxyl groups excluding tert-OH is 1. The van der Waals surface area contributed by atoms with E-state index in [2.05, 4.69) is 42.6 Å². The van der Waals surface area contributed by atoms with E-state index >= 15 is 0 Å². The lowest BCUT2D eigenvalue weighted by Crippen LogP contribution is -2.46. The lowest BCUT2D eigenvalue weighted by molar-refractivity contribution is 0.0562. The van der Waals surface area contributed by atoms with Crippen LogP contribution in [0.15, 0.2) is 54.9 Å². The second-order valence-corrected chi connectivity index (χ2v) is 8.65.